The molecular weight excluding hydrogens is 459 g/mol. The van der Waals surface area contributed by atoms with Gasteiger partial charge >= 0.3 is 0 Å². The largest absolute Gasteiger partial charge is 0.367 e. The van der Waals surface area contributed by atoms with Crippen LogP contribution in [0.5, 0.6) is 0 Å². The number of rotatable bonds is 12. The first-order valence-corrected chi connectivity index (χ1v) is 13.0. The average Bonchev–Trinajstić information content (AvgIpc) is 3.39. The van der Waals surface area contributed by atoms with Crippen molar-refractivity contribution in [3.8, 4) is 0 Å². The number of hydrogen-bond acceptors (Lipinski definition) is 5. The van der Waals surface area contributed by atoms with Crippen LogP contribution < -0.4 is 16.0 Å². The van der Waals surface area contributed by atoms with Gasteiger partial charge < -0.3 is 25.6 Å². The van der Waals surface area contributed by atoms with Crippen molar-refractivity contribution in [1.82, 2.24) is 20.9 Å². The SMILES string of the molecule is CCCCOC1(c2ccccc2)CN(C(=O)[C@@H](Cc2ccc(F)cc2)NC(=O)CCC2CNCN2)C1. The zero-order chi connectivity index (χ0) is 25.4. The van der Waals surface area contributed by atoms with Gasteiger partial charge in [-0.25, -0.2) is 4.39 Å². The van der Waals surface area contributed by atoms with Gasteiger partial charge in [0.15, 0.2) is 0 Å². The highest BCUT2D eigenvalue weighted by molar-refractivity contribution is 5.88. The van der Waals surface area contributed by atoms with Gasteiger partial charge in [-0.1, -0.05) is 55.8 Å². The first-order chi connectivity index (χ1) is 17.5. The second-order valence-electron chi connectivity index (χ2n) is 9.78. The van der Waals surface area contributed by atoms with Crippen molar-refractivity contribution >= 4 is 11.8 Å². The Morgan fingerprint density at radius 2 is 1.92 bits per heavy atom. The fourth-order valence-electron chi connectivity index (χ4n) is 4.82. The molecule has 2 heterocycles. The average molecular weight is 497 g/mol. The highest BCUT2D eigenvalue weighted by Gasteiger charge is 2.48. The van der Waals surface area contributed by atoms with Crippen LogP contribution in [-0.4, -0.2) is 61.7 Å². The molecule has 1 unspecified atom stereocenters. The topological polar surface area (TPSA) is 82.7 Å². The van der Waals surface area contributed by atoms with Crippen molar-refractivity contribution in [2.24, 2.45) is 0 Å². The predicted molar refractivity (Wildman–Crippen MR) is 137 cm³/mol. The second kappa shape index (κ2) is 12.4. The highest BCUT2D eigenvalue weighted by Crippen LogP contribution is 2.36. The number of likely N-dealkylation sites (tertiary alicyclic amines) is 1. The lowest BCUT2D eigenvalue weighted by Gasteiger charge is -2.51. The van der Waals surface area contributed by atoms with Gasteiger partial charge in [-0.05, 0) is 36.1 Å². The van der Waals surface area contributed by atoms with Gasteiger partial charge in [0, 0.05) is 38.7 Å². The summed E-state index contributed by atoms with van der Waals surface area (Å²) in [6, 6.07) is 15.6. The molecule has 2 amide bonds. The fraction of sp³-hybridized carbons (Fsp3) is 0.500. The maximum atomic E-state index is 13.6. The third-order valence-electron chi connectivity index (χ3n) is 6.99. The number of carbonyl (C=O) groups is 2. The molecule has 0 aliphatic carbocycles. The van der Waals surface area contributed by atoms with Crippen LogP contribution in [0, 0.1) is 5.82 Å². The van der Waals surface area contributed by atoms with Gasteiger partial charge in [-0.15, -0.1) is 0 Å². The Hall–Kier alpha value is -2.81. The normalized spacial score (nSPS) is 19.5. The van der Waals surface area contributed by atoms with Gasteiger partial charge in [0.1, 0.15) is 17.5 Å². The van der Waals surface area contributed by atoms with Gasteiger partial charge in [0.05, 0.1) is 13.1 Å². The maximum Gasteiger partial charge on any atom is 0.245 e. The van der Waals surface area contributed by atoms with Crippen molar-refractivity contribution < 1.29 is 18.7 Å². The molecule has 2 aliphatic heterocycles. The lowest BCUT2D eigenvalue weighted by molar-refractivity contribution is -0.175. The van der Waals surface area contributed by atoms with Crippen LogP contribution in [0.4, 0.5) is 4.39 Å². The van der Waals surface area contributed by atoms with Crippen LogP contribution in [0.1, 0.15) is 43.7 Å². The molecule has 36 heavy (non-hydrogen) atoms. The molecule has 3 N–H and O–H groups in total. The zero-order valence-corrected chi connectivity index (χ0v) is 21.0. The maximum absolute atomic E-state index is 13.6. The molecule has 2 atom stereocenters. The summed E-state index contributed by atoms with van der Waals surface area (Å²) in [6.07, 6.45) is 3.32. The number of halogens is 1. The van der Waals surface area contributed by atoms with Crippen LogP contribution in [-0.2, 0) is 26.3 Å². The molecule has 2 fully saturated rings. The van der Waals surface area contributed by atoms with Crippen molar-refractivity contribution in [3.63, 3.8) is 0 Å². The molecule has 2 saturated heterocycles. The summed E-state index contributed by atoms with van der Waals surface area (Å²) in [5, 5.41) is 9.47. The van der Waals surface area contributed by atoms with E-state index in [1.807, 2.05) is 30.3 Å². The minimum Gasteiger partial charge on any atom is -0.367 e. The van der Waals surface area contributed by atoms with E-state index in [1.165, 1.54) is 12.1 Å². The molecule has 0 bridgehead atoms. The molecule has 2 aromatic carbocycles. The lowest BCUT2D eigenvalue weighted by atomic mass is 9.84. The summed E-state index contributed by atoms with van der Waals surface area (Å²) in [4.78, 5) is 28.2. The molecule has 7 nitrogen and oxygen atoms in total. The van der Waals surface area contributed by atoms with Gasteiger partial charge in [-0.2, -0.15) is 0 Å². The summed E-state index contributed by atoms with van der Waals surface area (Å²) in [6.45, 7) is 5.21. The van der Waals surface area contributed by atoms with E-state index in [-0.39, 0.29) is 23.7 Å². The Morgan fingerprint density at radius 3 is 2.58 bits per heavy atom. The molecule has 8 heteroatoms. The van der Waals surface area contributed by atoms with E-state index in [2.05, 4.69) is 22.9 Å². The number of nitrogens with one attached hydrogen (secondary N) is 3. The minimum absolute atomic E-state index is 0.140. The molecule has 0 saturated carbocycles. The molecular formula is C28H37FN4O3. The van der Waals surface area contributed by atoms with E-state index in [4.69, 9.17) is 4.74 Å². The summed E-state index contributed by atoms with van der Waals surface area (Å²) in [7, 11) is 0. The molecule has 2 aromatic rings. The molecule has 0 radical (unpaired) electrons. The Balaban J connectivity index is 1.43. The molecule has 4 rings (SSSR count). The van der Waals surface area contributed by atoms with Crippen LogP contribution in [0.15, 0.2) is 54.6 Å². The second-order valence-corrected chi connectivity index (χ2v) is 9.78. The van der Waals surface area contributed by atoms with Crippen LogP contribution in [0.3, 0.4) is 0 Å². The third kappa shape index (κ3) is 6.69. The third-order valence-corrected chi connectivity index (χ3v) is 6.99. The number of ether oxygens (including phenoxy) is 1. The van der Waals surface area contributed by atoms with Crippen molar-refractivity contribution in [3.05, 3.63) is 71.5 Å². The van der Waals surface area contributed by atoms with Crippen LogP contribution in [0.25, 0.3) is 0 Å². The predicted octanol–water partition coefficient (Wildman–Crippen LogP) is 2.71. The zero-order valence-electron chi connectivity index (χ0n) is 21.0. The number of amides is 2. The summed E-state index contributed by atoms with van der Waals surface area (Å²) < 4.78 is 19.8. The Bertz CT molecular complexity index is 990. The van der Waals surface area contributed by atoms with Crippen molar-refractivity contribution in [1.29, 1.82) is 0 Å². The number of carbonyl (C=O) groups excluding carboxylic acids is 2. The number of unbranched alkanes of at least 4 members (excludes halogenated alkanes) is 1. The van der Waals surface area contributed by atoms with E-state index < -0.39 is 11.6 Å². The molecule has 0 spiro atoms. The van der Waals surface area contributed by atoms with Crippen molar-refractivity contribution in [2.45, 2.75) is 56.7 Å². The monoisotopic (exact) mass is 496 g/mol. The van der Waals surface area contributed by atoms with Crippen LogP contribution in [0.2, 0.25) is 0 Å². The highest BCUT2D eigenvalue weighted by atomic mass is 19.1. The first-order valence-electron chi connectivity index (χ1n) is 13.0. The van der Waals surface area contributed by atoms with Gasteiger partial charge in [0.2, 0.25) is 11.8 Å². The summed E-state index contributed by atoms with van der Waals surface area (Å²) >= 11 is 0. The first kappa shape index (κ1) is 26.3. The quantitative estimate of drug-likeness (QED) is 0.394. The van der Waals surface area contributed by atoms with Crippen LogP contribution >= 0.6 is 0 Å². The molecule has 0 aromatic heterocycles. The van der Waals surface area contributed by atoms with Gasteiger partial charge in [0.25, 0.3) is 0 Å². The number of hydrogen-bond donors (Lipinski definition) is 3. The molecule has 194 valence electrons. The molecule has 2 aliphatic rings. The number of benzene rings is 2. The van der Waals surface area contributed by atoms with E-state index in [9.17, 15) is 14.0 Å². The van der Waals surface area contributed by atoms with E-state index in [0.29, 0.717) is 39.0 Å². The lowest BCUT2D eigenvalue weighted by Crippen LogP contribution is -2.66. The standard InChI is InChI=1S/C28H37FN4O3/c1-2-3-15-36-28(22-7-5-4-6-8-22)18-33(19-28)27(35)25(16-21-9-11-23(29)12-10-21)32-26(34)14-13-24-17-30-20-31-24/h4-12,24-25,30-31H,2-3,13-20H2,1H3,(H,32,34)/t24?,25-/m1/s1. The summed E-state index contributed by atoms with van der Waals surface area (Å²) in [5.41, 5.74) is 1.32. The fourth-order valence-corrected chi connectivity index (χ4v) is 4.82. The smallest absolute Gasteiger partial charge is 0.245 e. The Kier molecular flexibility index (Phi) is 9.07. The Labute approximate surface area is 212 Å². The van der Waals surface area contributed by atoms with E-state index in [1.54, 1.807) is 17.0 Å². The van der Waals surface area contributed by atoms with Crippen molar-refractivity contribution in [2.75, 3.05) is 32.9 Å². The summed E-state index contributed by atoms with van der Waals surface area (Å²) in [5.74, 6) is -0.625. The number of nitrogens with zero attached hydrogens (tertiary/aromatic N) is 1. The van der Waals surface area contributed by atoms with E-state index in [0.717, 1.165) is 37.2 Å². The van der Waals surface area contributed by atoms with E-state index >= 15 is 0 Å². The minimum atomic E-state index is -0.720. The van der Waals surface area contributed by atoms with Gasteiger partial charge in [-0.3, -0.25) is 9.59 Å². The Morgan fingerprint density at radius 1 is 1.17 bits per heavy atom.